The van der Waals surface area contributed by atoms with Gasteiger partial charge >= 0.3 is 0 Å². The van der Waals surface area contributed by atoms with Gasteiger partial charge in [0, 0.05) is 31.7 Å². The van der Waals surface area contributed by atoms with E-state index < -0.39 is 0 Å². The Balaban J connectivity index is 1.52. The summed E-state index contributed by atoms with van der Waals surface area (Å²) in [5.41, 5.74) is 1.84. The van der Waals surface area contributed by atoms with E-state index in [2.05, 4.69) is 34.5 Å². The number of methoxy groups -OCH3 is 1. The quantitative estimate of drug-likeness (QED) is 0.922. The lowest BCUT2D eigenvalue weighted by Gasteiger charge is -2.46. The Morgan fingerprint density at radius 1 is 1.14 bits per heavy atom. The molecule has 21 heavy (non-hydrogen) atoms. The van der Waals surface area contributed by atoms with Gasteiger partial charge in [-0.15, -0.1) is 0 Å². The van der Waals surface area contributed by atoms with E-state index in [9.17, 15) is 0 Å². The second kappa shape index (κ2) is 6.80. The molecule has 3 heteroatoms. The van der Waals surface area contributed by atoms with Crippen LogP contribution in [0.5, 0.6) is 5.75 Å². The van der Waals surface area contributed by atoms with Crippen LogP contribution in [-0.2, 0) is 6.42 Å². The van der Waals surface area contributed by atoms with Gasteiger partial charge in [0.2, 0.25) is 0 Å². The summed E-state index contributed by atoms with van der Waals surface area (Å²) in [5, 5.41) is 3.82. The molecule has 0 amide bonds. The summed E-state index contributed by atoms with van der Waals surface area (Å²) in [6.45, 7) is 4.76. The molecule has 0 bridgehead atoms. The highest BCUT2D eigenvalue weighted by molar-refractivity contribution is 5.27. The molecule has 2 fully saturated rings. The molecule has 1 saturated carbocycles. The van der Waals surface area contributed by atoms with E-state index >= 15 is 0 Å². The predicted molar refractivity (Wildman–Crippen MR) is 87.0 cm³/mol. The highest BCUT2D eigenvalue weighted by atomic mass is 16.5. The molecule has 116 valence electrons. The smallest absolute Gasteiger partial charge is 0.118 e. The zero-order valence-corrected chi connectivity index (χ0v) is 13.2. The lowest BCUT2D eigenvalue weighted by molar-refractivity contribution is 0.100. The summed E-state index contributed by atoms with van der Waals surface area (Å²) in [4.78, 5) is 2.66. The maximum Gasteiger partial charge on any atom is 0.118 e. The summed E-state index contributed by atoms with van der Waals surface area (Å²) in [6, 6.07) is 8.51. The van der Waals surface area contributed by atoms with Gasteiger partial charge in [-0.3, -0.25) is 4.90 Å². The van der Waals surface area contributed by atoms with Gasteiger partial charge in [-0.2, -0.15) is 0 Å². The second-order valence-electron chi connectivity index (χ2n) is 6.64. The van der Waals surface area contributed by atoms with E-state index in [1.54, 1.807) is 7.11 Å². The number of nitrogens with zero attached hydrogens (tertiary/aromatic N) is 1. The van der Waals surface area contributed by atoms with Crippen LogP contribution >= 0.6 is 0 Å². The Morgan fingerprint density at radius 2 is 1.90 bits per heavy atom. The van der Waals surface area contributed by atoms with Crippen molar-refractivity contribution in [1.29, 1.82) is 0 Å². The third-order valence-corrected chi connectivity index (χ3v) is 5.14. The highest BCUT2D eigenvalue weighted by Crippen LogP contribution is 2.30. The van der Waals surface area contributed by atoms with Crippen molar-refractivity contribution >= 4 is 0 Å². The van der Waals surface area contributed by atoms with Crippen molar-refractivity contribution in [3.63, 3.8) is 0 Å². The molecule has 1 aliphatic carbocycles. The van der Waals surface area contributed by atoms with Crippen LogP contribution in [0, 0.1) is 0 Å². The van der Waals surface area contributed by atoms with Gasteiger partial charge in [-0.05, 0) is 37.0 Å². The SMILES string of the molecule is COc1ccc(CCN2CCNC3(CCCCC3)C2)cc1. The minimum atomic E-state index is 0.427. The molecular weight excluding hydrogens is 260 g/mol. The van der Waals surface area contributed by atoms with E-state index in [0.717, 1.165) is 18.7 Å². The number of piperazine rings is 1. The molecule has 3 nitrogen and oxygen atoms in total. The first-order chi connectivity index (χ1) is 10.3. The van der Waals surface area contributed by atoms with E-state index in [4.69, 9.17) is 4.74 Å². The van der Waals surface area contributed by atoms with Crippen molar-refractivity contribution in [1.82, 2.24) is 10.2 Å². The lowest BCUT2D eigenvalue weighted by Crippen LogP contribution is -2.61. The molecule has 0 unspecified atom stereocenters. The highest BCUT2D eigenvalue weighted by Gasteiger charge is 2.35. The van der Waals surface area contributed by atoms with Crippen molar-refractivity contribution in [3.05, 3.63) is 29.8 Å². The molecule has 1 N–H and O–H groups in total. The molecule has 0 atom stereocenters. The molecule has 1 aromatic rings. The van der Waals surface area contributed by atoms with Gasteiger partial charge in [0.05, 0.1) is 7.11 Å². The van der Waals surface area contributed by atoms with Gasteiger partial charge in [-0.25, -0.2) is 0 Å². The van der Waals surface area contributed by atoms with E-state index in [1.165, 1.54) is 57.3 Å². The Bertz CT molecular complexity index is 432. The van der Waals surface area contributed by atoms with Gasteiger partial charge in [0.25, 0.3) is 0 Å². The predicted octanol–water partition coefficient (Wildman–Crippen LogP) is 2.85. The molecule has 2 aliphatic rings. The first kappa shape index (κ1) is 14.9. The first-order valence-electron chi connectivity index (χ1n) is 8.40. The Kier molecular flexibility index (Phi) is 4.81. The molecule has 1 heterocycles. The number of benzene rings is 1. The van der Waals surface area contributed by atoms with E-state index in [-0.39, 0.29) is 0 Å². The molecule has 1 aliphatic heterocycles. The summed E-state index contributed by atoms with van der Waals surface area (Å²) < 4.78 is 5.22. The number of hydrogen-bond acceptors (Lipinski definition) is 3. The standard InChI is InChI=1S/C18H28N2O/c1-21-17-7-5-16(6-8-17)9-13-20-14-12-19-18(15-20)10-3-2-4-11-18/h5-8,19H,2-4,9-15H2,1H3. The average Bonchev–Trinajstić information content (AvgIpc) is 2.54. The van der Waals surface area contributed by atoms with Crippen molar-refractivity contribution in [2.75, 3.05) is 33.3 Å². The van der Waals surface area contributed by atoms with Crippen LogP contribution in [-0.4, -0.2) is 43.7 Å². The van der Waals surface area contributed by atoms with Gasteiger partial charge < -0.3 is 10.1 Å². The van der Waals surface area contributed by atoms with Crippen molar-refractivity contribution < 1.29 is 4.74 Å². The monoisotopic (exact) mass is 288 g/mol. The van der Waals surface area contributed by atoms with Crippen molar-refractivity contribution in [2.45, 2.75) is 44.1 Å². The summed E-state index contributed by atoms with van der Waals surface area (Å²) >= 11 is 0. The Hall–Kier alpha value is -1.06. The van der Waals surface area contributed by atoms with Crippen LogP contribution in [0.25, 0.3) is 0 Å². The Morgan fingerprint density at radius 3 is 2.62 bits per heavy atom. The molecule has 0 aromatic heterocycles. The molecule has 0 radical (unpaired) electrons. The molecular formula is C18H28N2O. The van der Waals surface area contributed by atoms with Crippen LogP contribution in [0.4, 0.5) is 0 Å². The summed E-state index contributed by atoms with van der Waals surface area (Å²) in [5.74, 6) is 0.946. The molecule has 1 saturated heterocycles. The van der Waals surface area contributed by atoms with E-state index in [0.29, 0.717) is 5.54 Å². The third kappa shape index (κ3) is 3.78. The van der Waals surface area contributed by atoms with Crippen LogP contribution in [0.2, 0.25) is 0 Å². The van der Waals surface area contributed by atoms with Crippen LogP contribution in [0.1, 0.15) is 37.7 Å². The molecule has 1 aromatic carbocycles. The maximum absolute atomic E-state index is 5.22. The van der Waals surface area contributed by atoms with Crippen molar-refractivity contribution in [3.8, 4) is 5.75 Å². The largest absolute Gasteiger partial charge is 0.497 e. The fraction of sp³-hybridized carbons (Fsp3) is 0.667. The zero-order chi connectivity index (χ0) is 14.5. The topological polar surface area (TPSA) is 24.5 Å². The van der Waals surface area contributed by atoms with Gasteiger partial charge in [0.1, 0.15) is 5.75 Å². The summed E-state index contributed by atoms with van der Waals surface area (Å²) in [7, 11) is 1.72. The molecule has 1 spiro atoms. The van der Waals surface area contributed by atoms with Gasteiger partial charge in [-0.1, -0.05) is 31.4 Å². The summed E-state index contributed by atoms with van der Waals surface area (Å²) in [6.07, 6.45) is 8.10. The minimum Gasteiger partial charge on any atom is -0.497 e. The second-order valence-corrected chi connectivity index (χ2v) is 6.64. The van der Waals surface area contributed by atoms with Crippen molar-refractivity contribution in [2.24, 2.45) is 0 Å². The molecule has 3 rings (SSSR count). The number of rotatable bonds is 4. The number of nitrogens with one attached hydrogen (secondary N) is 1. The maximum atomic E-state index is 5.22. The Labute approximate surface area is 128 Å². The van der Waals surface area contributed by atoms with Crippen LogP contribution in [0.15, 0.2) is 24.3 Å². The minimum absolute atomic E-state index is 0.427. The lowest BCUT2D eigenvalue weighted by atomic mass is 9.80. The first-order valence-corrected chi connectivity index (χ1v) is 8.40. The third-order valence-electron chi connectivity index (χ3n) is 5.14. The number of ether oxygens (including phenoxy) is 1. The fourth-order valence-electron chi connectivity index (χ4n) is 3.88. The van der Waals surface area contributed by atoms with Crippen LogP contribution in [0.3, 0.4) is 0 Å². The number of hydrogen-bond donors (Lipinski definition) is 1. The van der Waals surface area contributed by atoms with Crippen LogP contribution < -0.4 is 10.1 Å². The van der Waals surface area contributed by atoms with E-state index in [1.807, 2.05) is 0 Å². The van der Waals surface area contributed by atoms with Gasteiger partial charge in [0.15, 0.2) is 0 Å². The zero-order valence-electron chi connectivity index (χ0n) is 13.2. The normalized spacial score (nSPS) is 22.3. The average molecular weight is 288 g/mol. The fourth-order valence-corrected chi connectivity index (χ4v) is 3.88.